The summed E-state index contributed by atoms with van der Waals surface area (Å²) < 4.78 is 13.1. The second-order valence-electron chi connectivity index (χ2n) is 7.48. The number of amides is 1. The van der Waals surface area contributed by atoms with Crippen molar-refractivity contribution in [2.75, 3.05) is 18.9 Å². The van der Waals surface area contributed by atoms with Gasteiger partial charge in [0.05, 0.1) is 0 Å². The highest BCUT2D eigenvalue weighted by molar-refractivity contribution is 6.05. The molecule has 0 aliphatic carbocycles. The number of aromatic nitrogens is 1. The normalized spacial score (nSPS) is 11.5. The zero-order valence-electron chi connectivity index (χ0n) is 17.0. The first kappa shape index (κ1) is 20.1. The summed E-state index contributed by atoms with van der Waals surface area (Å²) in [6, 6.07) is 12.0. The number of anilines is 1. The number of hydrogen-bond donors (Lipinski definition) is 2. The first-order chi connectivity index (χ1) is 13.4. The molecule has 0 radical (unpaired) electrons. The lowest BCUT2D eigenvalue weighted by molar-refractivity contribution is 0.102. The van der Waals surface area contributed by atoms with Crippen LogP contribution < -0.4 is 5.32 Å². The number of benzene rings is 2. The first-order valence-corrected chi connectivity index (χ1v) is 9.79. The van der Waals surface area contributed by atoms with Gasteiger partial charge in [-0.2, -0.15) is 0 Å². The lowest BCUT2D eigenvalue weighted by Gasteiger charge is -2.21. The van der Waals surface area contributed by atoms with Gasteiger partial charge in [0.2, 0.25) is 0 Å². The number of carbonyl (C=O) groups excluding carboxylic acids is 1. The van der Waals surface area contributed by atoms with Gasteiger partial charge >= 0.3 is 0 Å². The molecule has 28 heavy (non-hydrogen) atoms. The molecule has 0 saturated carbocycles. The molecule has 0 unspecified atom stereocenters. The number of aryl methyl sites for hydroxylation is 1. The third-order valence-corrected chi connectivity index (χ3v) is 5.31. The van der Waals surface area contributed by atoms with Gasteiger partial charge in [-0.25, -0.2) is 4.39 Å². The Morgan fingerprint density at radius 3 is 2.54 bits per heavy atom. The number of fused-ring (bicyclic) bond motifs is 1. The molecule has 1 aromatic heterocycles. The van der Waals surface area contributed by atoms with E-state index in [1.165, 1.54) is 35.5 Å². The van der Waals surface area contributed by atoms with Crippen LogP contribution in [0.3, 0.4) is 0 Å². The molecule has 0 bridgehead atoms. The molecule has 2 N–H and O–H groups in total. The van der Waals surface area contributed by atoms with Crippen LogP contribution in [0.15, 0.2) is 42.5 Å². The minimum atomic E-state index is -0.353. The predicted molar refractivity (Wildman–Crippen MR) is 113 cm³/mol. The molecule has 0 saturated heterocycles. The van der Waals surface area contributed by atoms with Gasteiger partial charge in [-0.1, -0.05) is 6.92 Å². The molecule has 0 spiro atoms. The number of nitrogens with one attached hydrogen (secondary N) is 2. The van der Waals surface area contributed by atoms with Gasteiger partial charge in [0.1, 0.15) is 5.82 Å². The Kier molecular flexibility index (Phi) is 6.15. The molecule has 1 amide bonds. The Morgan fingerprint density at radius 1 is 1.18 bits per heavy atom. The zero-order valence-corrected chi connectivity index (χ0v) is 17.0. The van der Waals surface area contributed by atoms with Crippen molar-refractivity contribution >= 4 is 22.5 Å². The Balaban J connectivity index is 1.85. The second kappa shape index (κ2) is 8.57. The molecule has 3 rings (SSSR count). The van der Waals surface area contributed by atoms with Crippen molar-refractivity contribution in [3.63, 3.8) is 0 Å². The highest BCUT2D eigenvalue weighted by Gasteiger charge is 2.14. The number of hydrogen-bond acceptors (Lipinski definition) is 2. The molecule has 2 aromatic carbocycles. The van der Waals surface area contributed by atoms with E-state index in [0.717, 1.165) is 36.0 Å². The van der Waals surface area contributed by atoms with Crippen molar-refractivity contribution in [1.82, 2.24) is 9.88 Å². The molecule has 4 nitrogen and oxygen atoms in total. The highest BCUT2D eigenvalue weighted by Crippen LogP contribution is 2.27. The molecule has 0 aliphatic rings. The Morgan fingerprint density at radius 2 is 1.89 bits per heavy atom. The average Bonchev–Trinajstić information content (AvgIpc) is 3.03. The largest absolute Gasteiger partial charge is 0.358 e. The monoisotopic (exact) mass is 381 g/mol. The number of aromatic amines is 1. The van der Waals surface area contributed by atoms with Crippen LogP contribution in [0.25, 0.3) is 10.9 Å². The molecule has 5 heteroatoms. The lowest BCUT2D eigenvalue weighted by Crippen LogP contribution is -2.28. The van der Waals surface area contributed by atoms with Crippen LogP contribution in [0, 0.1) is 5.82 Å². The zero-order chi connectivity index (χ0) is 20.3. The Labute approximate surface area is 165 Å². The molecule has 0 fully saturated rings. The second-order valence-corrected chi connectivity index (χ2v) is 7.48. The summed E-state index contributed by atoms with van der Waals surface area (Å²) in [5.74, 6) is -0.597. The van der Waals surface area contributed by atoms with Crippen LogP contribution in [0.5, 0.6) is 0 Å². The van der Waals surface area contributed by atoms with Crippen LogP contribution >= 0.6 is 0 Å². The van der Waals surface area contributed by atoms with Crippen molar-refractivity contribution in [2.24, 2.45) is 0 Å². The fourth-order valence-corrected chi connectivity index (χ4v) is 3.32. The summed E-state index contributed by atoms with van der Waals surface area (Å²) in [6.07, 6.45) is 1.89. The van der Waals surface area contributed by atoms with Crippen LogP contribution in [0.4, 0.5) is 10.1 Å². The van der Waals surface area contributed by atoms with Crippen molar-refractivity contribution in [2.45, 2.75) is 39.7 Å². The van der Waals surface area contributed by atoms with E-state index in [2.05, 4.69) is 43.0 Å². The fourth-order valence-electron chi connectivity index (χ4n) is 3.32. The van der Waals surface area contributed by atoms with Gasteiger partial charge < -0.3 is 15.2 Å². The van der Waals surface area contributed by atoms with E-state index in [1.807, 2.05) is 18.2 Å². The molecule has 0 atom stereocenters. The van der Waals surface area contributed by atoms with Crippen molar-refractivity contribution in [3.05, 3.63) is 65.1 Å². The third-order valence-electron chi connectivity index (χ3n) is 5.31. The van der Waals surface area contributed by atoms with Gasteiger partial charge in [0.25, 0.3) is 5.91 Å². The minimum Gasteiger partial charge on any atom is -0.358 e. The van der Waals surface area contributed by atoms with Gasteiger partial charge in [-0.05, 0) is 81.8 Å². The molecular weight excluding hydrogens is 353 g/mol. The van der Waals surface area contributed by atoms with E-state index in [-0.39, 0.29) is 11.7 Å². The van der Waals surface area contributed by atoms with Gasteiger partial charge in [-0.3, -0.25) is 4.79 Å². The number of H-pyrrole nitrogens is 1. The smallest absolute Gasteiger partial charge is 0.255 e. The number of rotatable bonds is 7. The lowest BCUT2D eigenvalue weighted by atomic mass is 10.0. The maximum atomic E-state index is 13.1. The number of halogens is 1. The van der Waals surface area contributed by atoms with Crippen LogP contribution in [0.1, 0.15) is 42.4 Å². The van der Waals surface area contributed by atoms with Crippen LogP contribution in [0.2, 0.25) is 0 Å². The van der Waals surface area contributed by atoms with Crippen LogP contribution in [-0.4, -0.2) is 35.4 Å². The summed E-state index contributed by atoms with van der Waals surface area (Å²) in [7, 11) is 2.14. The summed E-state index contributed by atoms with van der Waals surface area (Å²) in [6.45, 7) is 7.51. The molecular formula is C23H28FN3O. The van der Waals surface area contributed by atoms with Crippen molar-refractivity contribution < 1.29 is 9.18 Å². The summed E-state index contributed by atoms with van der Waals surface area (Å²) in [5.41, 5.74) is 4.81. The third kappa shape index (κ3) is 4.42. The molecule has 0 aliphatic heterocycles. The first-order valence-electron chi connectivity index (χ1n) is 9.79. The van der Waals surface area contributed by atoms with E-state index >= 15 is 0 Å². The number of nitrogens with zero attached hydrogens (tertiary/aromatic N) is 1. The number of carbonyl (C=O) groups is 1. The molecule has 1 heterocycles. The highest BCUT2D eigenvalue weighted by atomic mass is 19.1. The fraction of sp³-hybridized carbons (Fsp3) is 0.348. The van der Waals surface area contributed by atoms with Gasteiger partial charge in [0.15, 0.2) is 0 Å². The van der Waals surface area contributed by atoms with Gasteiger partial charge in [-0.15, -0.1) is 0 Å². The minimum absolute atomic E-state index is 0.244. The van der Waals surface area contributed by atoms with E-state index in [9.17, 15) is 9.18 Å². The quantitative estimate of drug-likeness (QED) is 0.605. The van der Waals surface area contributed by atoms with Crippen LogP contribution in [-0.2, 0) is 12.8 Å². The summed E-state index contributed by atoms with van der Waals surface area (Å²) in [5, 5.41) is 4.07. The van der Waals surface area contributed by atoms with E-state index in [1.54, 1.807) is 0 Å². The predicted octanol–water partition coefficient (Wildman–Crippen LogP) is 5.00. The maximum absolute atomic E-state index is 13.1. The Bertz CT molecular complexity index is 960. The molecule has 148 valence electrons. The van der Waals surface area contributed by atoms with Crippen molar-refractivity contribution in [3.8, 4) is 0 Å². The standard InChI is InChI=1S/C23H28FN3O/c1-5-21-19(12-13-27(4)15(2)3)20-14-18(10-11-22(20)26-21)25-23(28)16-6-8-17(24)9-7-16/h6-11,14-15,26H,5,12-13H2,1-4H3,(H,25,28). The van der Waals surface area contributed by atoms with Crippen molar-refractivity contribution in [1.29, 1.82) is 0 Å². The van der Waals surface area contributed by atoms with E-state index in [4.69, 9.17) is 0 Å². The van der Waals surface area contributed by atoms with Gasteiger partial charge in [0, 0.05) is 40.4 Å². The number of likely N-dealkylation sites (N-methyl/N-ethyl adjacent to an activating group) is 1. The van der Waals surface area contributed by atoms with E-state index in [0.29, 0.717) is 11.6 Å². The summed E-state index contributed by atoms with van der Waals surface area (Å²) in [4.78, 5) is 18.3. The topological polar surface area (TPSA) is 48.1 Å². The average molecular weight is 381 g/mol. The Hall–Kier alpha value is -2.66. The SMILES string of the molecule is CCc1[nH]c2ccc(NC(=O)c3ccc(F)cc3)cc2c1CCN(C)C(C)C. The molecule has 3 aromatic rings. The van der Waals surface area contributed by atoms with E-state index < -0.39 is 0 Å². The maximum Gasteiger partial charge on any atom is 0.255 e. The summed E-state index contributed by atoms with van der Waals surface area (Å²) >= 11 is 0.